The fourth-order valence-corrected chi connectivity index (χ4v) is 4.30. The zero-order chi connectivity index (χ0) is 20.4. The van der Waals surface area contributed by atoms with Crippen molar-refractivity contribution < 1.29 is 14.5 Å². The van der Waals surface area contributed by atoms with Crippen LogP contribution in [0.4, 0.5) is 10.7 Å². The number of aryl methyl sites for hydroxylation is 1. The van der Waals surface area contributed by atoms with E-state index in [2.05, 4.69) is 5.32 Å². The number of aromatic carboxylic acids is 1. The lowest BCUT2D eigenvalue weighted by Crippen LogP contribution is -2.30. The maximum Gasteiger partial charge on any atom is 0.254 e. The van der Waals surface area contributed by atoms with E-state index >= 15 is 0 Å². The number of benzene rings is 2. The molecule has 0 saturated carbocycles. The average Bonchev–Trinajstić information content (AvgIpc) is 3.10. The molecule has 1 N–H and O–H groups in total. The monoisotopic (exact) mass is 420 g/mol. The van der Waals surface area contributed by atoms with E-state index in [1.807, 2.05) is 78.5 Å². The van der Waals surface area contributed by atoms with Crippen molar-refractivity contribution in [1.82, 2.24) is 0 Å². The van der Waals surface area contributed by atoms with Gasteiger partial charge in [-0.25, -0.2) is 0 Å². The lowest BCUT2D eigenvalue weighted by atomic mass is 10.0. The number of carboxylic acids is 1. The molecule has 144 valence electrons. The van der Waals surface area contributed by atoms with Gasteiger partial charge < -0.3 is 15.2 Å². The normalized spacial score (nSPS) is 10.7. The summed E-state index contributed by atoms with van der Waals surface area (Å²) in [6, 6.07) is 20.8. The molecule has 29 heavy (non-hydrogen) atoms. The SMILES string of the molecule is Cc1ccc(-c2c(C(=O)[O-])sc(Nc3ccc(Cl)cc3)c2-[n+]2ccccc2)cc1. The highest BCUT2D eigenvalue weighted by Crippen LogP contribution is 2.41. The summed E-state index contributed by atoms with van der Waals surface area (Å²) in [5, 5.41) is 16.7. The van der Waals surface area contributed by atoms with Crippen molar-refractivity contribution in [3.8, 4) is 16.8 Å². The Morgan fingerprint density at radius 3 is 2.28 bits per heavy atom. The predicted molar refractivity (Wildman–Crippen MR) is 115 cm³/mol. The van der Waals surface area contributed by atoms with Crippen LogP contribution in [0.15, 0.2) is 79.1 Å². The van der Waals surface area contributed by atoms with E-state index in [1.165, 1.54) is 0 Å². The summed E-state index contributed by atoms with van der Waals surface area (Å²) < 4.78 is 1.91. The topological polar surface area (TPSA) is 56.0 Å². The van der Waals surface area contributed by atoms with Crippen molar-refractivity contribution >= 4 is 39.6 Å². The molecule has 0 radical (unpaired) electrons. The van der Waals surface area contributed by atoms with Crippen LogP contribution in [0.5, 0.6) is 0 Å². The Balaban J connectivity index is 1.95. The number of rotatable bonds is 5. The van der Waals surface area contributed by atoms with Gasteiger partial charge in [-0.1, -0.05) is 47.5 Å². The van der Waals surface area contributed by atoms with Crippen LogP contribution in [0.25, 0.3) is 16.8 Å². The van der Waals surface area contributed by atoms with Crippen molar-refractivity contribution in [1.29, 1.82) is 0 Å². The molecule has 0 fully saturated rings. The third-order valence-electron chi connectivity index (χ3n) is 4.48. The second-order valence-corrected chi connectivity index (χ2v) is 8.01. The first-order valence-corrected chi connectivity index (χ1v) is 10.2. The minimum absolute atomic E-state index is 0.177. The maximum atomic E-state index is 12.0. The van der Waals surface area contributed by atoms with Crippen molar-refractivity contribution in [3.63, 3.8) is 0 Å². The smallest absolute Gasteiger partial charge is 0.254 e. The van der Waals surface area contributed by atoms with Gasteiger partial charge in [-0.2, -0.15) is 4.57 Å². The highest BCUT2D eigenvalue weighted by Gasteiger charge is 2.27. The molecule has 0 unspecified atom stereocenters. The molecule has 0 aliphatic rings. The lowest BCUT2D eigenvalue weighted by molar-refractivity contribution is -0.594. The largest absolute Gasteiger partial charge is 0.544 e. The summed E-state index contributed by atoms with van der Waals surface area (Å²) in [7, 11) is 0. The lowest BCUT2D eigenvalue weighted by Gasteiger charge is -2.07. The molecule has 0 aliphatic carbocycles. The molecular weight excluding hydrogens is 404 g/mol. The highest BCUT2D eigenvalue weighted by atomic mass is 35.5. The first-order chi connectivity index (χ1) is 14.0. The standard InChI is InChI=1S/C23H17ClN2O2S/c1-15-5-7-16(8-6-15)19-20(26-13-3-2-4-14-26)22(29-21(19)23(27)28)25-18-11-9-17(24)10-12-18/h2-14,25H,1H3. The highest BCUT2D eigenvalue weighted by molar-refractivity contribution is 7.19. The van der Waals surface area contributed by atoms with Crippen LogP contribution in [0.3, 0.4) is 0 Å². The zero-order valence-corrected chi connectivity index (χ0v) is 17.1. The zero-order valence-electron chi connectivity index (χ0n) is 15.6. The molecule has 2 heterocycles. The average molecular weight is 421 g/mol. The van der Waals surface area contributed by atoms with E-state index in [9.17, 15) is 9.90 Å². The van der Waals surface area contributed by atoms with Crippen molar-refractivity contribution in [2.75, 3.05) is 5.32 Å². The minimum Gasteiger partial charge on any atom is -0.544 e. The van der Waals surface area contributed by atoms with Gasteiger partial charge in [0.2, 0.25) is 0 Å². The van der Waals surface area contributed by atoms with Crippen LogP contribution >= 0.6 is 22.9 Å². The second kappa shape index (κ2) is 8.07. The number of carbonyl (C=O) groups is 1. The fourth-order valence-electron chi connectivity index (χ4n) is 3.10. The van der Waals surface area contributed by atoms with E-state index < -0.39 is 5.97 Å². The van der Waals surface area contributed by atoms with Crippen LogP contribution in [-0.2, 0) is 0 Å². The van der Waals surface area contributed by atoms with E-state index in [4.69, 9.17) is 11.6 Å². The molecule has 4 nitrogen and oxygen atoms in total. The van der Waals surface area contributed by atoms with E-state index in [0.29, 0.717) is 15.6 Å². The van der Waals surface area contributed by atoms with Gasteiger partial charge in [0.05, 0.1) is 16.4 Å². The Kier molecular flexibility index (Phi) is 5.34. The molecule has 2 aromatic carbocycles. The van der Waals surface area contributed by atoms with Gasteiger partial charge in [0.15, 0.2) is 17.4 Å². The van der Waals surface area contributed by atoms with E-state index in [0.717, 1.165) is 33.8 Å². The number of carboxylic acid groups (broad SMARTS) is 1. The third kappa shape index (κ3) is 4.01. The Hall–Kier alpha value is -3.15. The number of thiophene rings is 1. The number of nitrogens with one attached hydrogen (secondary N) is 1. The predicted octanol–water partition coefficient (Wildman–Crippen LogP) is 4.76. The Bertz CT molecular complexity index is 1150. The molecular formula is C23H17ClN2O2S. The van der Waals surface area contributed by atoms with Crippen LogP contribution in [0, 0.1) is 6.92 Å². The summed E-state index contributed by atoms with van der Waals surface area (Å²) >= 11 is 7.15. The number of carbonyl (C=O) groups excluding carboxylic acids is 1. The molecule has 2 aromatic heterocycles. The van der Waals surface area contributed by atoms with Gasteiger partial charge in [0.1, 0.15) is 0 Å². The first-order valence-electron chi connectivity index (χ1n) is 8.97. The molecule has 0 spiro atoms. The number of nitrogens with zero attached hydrogens (tertiary/aromatic N) is 1. The Morgan fingerprint density at radius 2 is 1.66 bits per heavy atom. The number of hydrogen-bond donors (Lipinski definition) is 1. The summed E-state index contributed by atoms with van der Waals surface area (Å²) in [6.07, 6.45) is 3.79. The Labute approximate surface area is 177 Å². The maximum absolute atomic E-state index is 12.0. The van der Waals surface area contributed by atoms with Gasteiger partial charge >= 0.3 is 0 Å². The van der Waals surface area contributed by atoms with E-state index in [-0.39, 0.29) is 4.88 Å². The molecule has 0 atom stereocenters. The summed E-state index contributed by atoms with van der Waals surface area (Å²) in [6.45, 7) is 2.00. The van der Waals surface area contributed by atoms with Crippen LogP contribution in [0.1, 0.15) is 15.2 Å². The summed E-state index contributed by atoms with van der Waals surface area (Å²) in [4.78, 5) is 12.2. The molecule has 4 aromatic rings. The van der Waals surface area contributed by atoms with E-state index in [1.54, 1.807) is 12.1 Å². The van der Waals surface area contributed by atoms with Gasteiger partial charge in [-0.05, 0) is 36.8 Å². The molecule has 0 aliphatic heterocycles. The Morgan fingerprint density at radius 1 is 1.00 bits per heavy atom. The van der Waals surface area contributed by atoms with Gasteiger partial charge in [0, 0.05) is 22.8 Å². The van der Waals surface area contributed by atoms with Gasteiger partial charge in [0.25, 0.3) is 5.69 Å². The quantitative estimate of drug-likeness (QED) is 0.473. The van der Waals surface area contributed by atoms with Crippen molar-refractivity contribution in [3.05, 3.63) is 94.6 Å². The van der Waals surface area contributed by atoms with Crippen LogP contribution in [-0.4, -0.2) is 5.97 Å². The third-order valence-corrected chi connectivity index (χ3v) is 5.81. The van der Waals surface area contributed by atoms with Gasteiger partial charge in [-0.3, -0.25) is 0 Å². The fraction of sp³-hybridized carbons (Fsp3) is 0.0435. The number of hydrogen-bond acceptors (Lipinski definition) is 4. The van der Waals surface area contributed by atoms with Crippen molar-refractivity contribution in [2.45, 2.75) is 6.92 Å². The summed E-state index contributed by atoms with van der Waals surface area (Å²) in [5.74, 6) is -1.20. The number of aromatic nitrogens is 1. The number of anilines is 2. The first kappa shape index (κ1) is 19.2. The van der Waals surface area contributed by atoms with Gasteiger partial charge in [-0.15, -0.1) is 11.3 Å². The summed E-state index contributed by atoms with van der Waals surface area (Å²) in [5.41, 5.74) is 4.12. The second-order valence-electron chi connectivity index (χ2n) is 6.55. The van der Waals surface area contributed by atoms with Crippen LogP contribution in [0.2, 0.25) is 5.02 Å². The molecule has 0 saturated heterocycles. The molecule has 0 amide bonds. The molecule has 0 bridgehead atoms. The van der Waals surface area contributed by atoms with Crippen molar-refractivity contribution in [2.24, 2.45) is 0 Å². The molecule has 6 heteroatoms. The minimum atomic E-state index is -1.20. The molecule has 4 rings (SSSR count). The number of pyridine rings is 1. The van der Waals surface area contributed by atoms with Crippen LogP contribution < -0.4 is 15.0 Å². The number of halogens is 1.